The molecule has 0 saturated heterocycles. The molecule has 3 rings (SSSR count). The highest BCUT2D eigenvalue weighted by atomic mass is 16.5. The van der Waals surface area contributed by atoms with Crippen LogP contribution in [0.15, 0.2) is 17.0 Å². The van der Waals surface area contributed by atoms with Crippen LogP contribution in [0.4, 0.5) is 0 Å². The minimum atomic E-state index is -0.386. The molecule has 1 aliphatic rings. The Kier molecular flexibility index (Phi) is 2.70. The molecule has 1 unspecified atom stereocenters. The summed E-state index contributed by atoms with van der Waals surface area (Å²) in [7, 11) is 0. The number of nitrogens with two attached hydrogens (primary N) is 1. The third-order valence-electron chi connectivity index (χ3n) is 3.32. The van der Waals surface area contributed by atoms with Crippen LogP contribution in [0.5, 0.6) is 0 Å². The minimum absolute atomic E-state index is 0.165. The first kappa shape index (κ1) is 12.3. The first-order valence-electron chi connectivity index (χ1n) is 6.58. The van der Waals surface area contributed by atoms with Gasteiger partial charge in [0.05, 0.1) is 18.2 Å². The molecule has 0 bridgehead atoms. The first-order chi connectivity index (χ1) is 8.97. The van der Waals surface area contributed by atoms with Crippen molar-refractivity contribution in [2.45, 2.75) is 51.1 Å². The van der Waals surface area contributed by atoms with Crippen molar-refractivity contribution in [2.75, 3.05) is 0 Å². The third-order valence-corrected chi connectivity index (χ3v) is 3.32. The maximum Gasteiger partial charge on any atom is 0.232 e. The Hall–Kier alpha value is -1.69. The van der Waals surface area contributed by atoms with Crippen LogP contribution in [0.3, 0.4) is 0 Å². The zero-order valence-corrected chi connectivity index (χ0v) is 11.5. The molecule has 1 atom stereocenters. The van der Waals surface area contributed by atoms with Crippen molar-refractivity contribution in [3.8, 4) is 0 Å². The molecule has 0 amide bonds. The molecule has 1 fully saturated rings. The SMILES string of the molecule is CC(C)(C)c1nc(C(N)c2cncn2C2CC2)no1. The second kappa shape index (κ2) is 4.16. The molecule has 1 aliphatic carbocycles. The smallest absolute Gasteiger partial charge is 0.232 e. The Labute approximate surface area is 112 Å². The van der Waals surface area contributed by atoms with Crippen molar-refractivity contribution < 1.29 is 4.52 Å². The van der Waals surface area contributed by atoms with Crippen LogP contribution >= 0.6 is 0 Å². The lowest BCUT2D eigenvalue weighted by atomic mass is 9.97. The minimum Gasteiger partial charge on any atom is -0.339 e. The molecular formula is C13H19N5O. The number of rotatable bonds is 3. The van der Waals surface area contributed by atoms with Gasteiger partial charge >= 0.3 is 0 Å². The van der Waals surface area contributed by atoms with E-state index < -0.39 is 0 Å². The van der Waals surface area contributed by atoms with Gasteiger partial charge in [0.2, 0.25) is 5.89 Å². The first-order valence-corrected chi connectivity index (χ1v) is 6.58. The standard InChI is InChI=1S/C13H19N5O/c1-13(2,3)12-16-11(17-19-12)10(14)9-6-15-7-18(9)8-4-5-8/h6-8,10H,4-5,14H2,1-3H3. The Morgan fingerprint density at radius 3 is 2.74 bits per heavy atom. The fraction of sp³-hybridized carbons (Fsp3) is 0.615. The van der Waals surface area contributed by atoms with E-state index in [4.69, 9.17) is 10.3 Å². The monoisotopic (exact) mass is 261 g/mol. The van der Waals surface area contributed by atoms with Gasteiger partial charge < -0.3 is 14.8 Å². The van der Waals surface area contributed by atoms with Crippen molar-refractivity contribution in [1.82, 2.24) is 19.7 Å². The van der Waals surface area contributed by atoms with Gasteiger partial charge in [-0.3, -0.25) is 0 Å². The zero-order chi connectivity index (χ0) is 13.6. The lowest BCUT2D eigenvalue weighted by Crippen LogP contribution is -2.18. The normalized spacial score (nSPS) is 17.7. The molecule has 2 N–H and O–H groups in total. The Morgan fingerprint density at radius 2 is 2.16 bits per heavy atom. The van der Waals surface area contributed by atoms with Crippen LogP contribution in [0.25, 0.3) is 0 Å². The molecule has 2 aromatic heterocycles. The summed E-state index contributed by atoms with van der Waals surface area (Å²) in [6, 6.07) is 0.153. The van der Waals surface area contributed by atoms with Crippen molar-refractivity contribution in [3.63, 3.8) is 0 Å². The summed E-state index contributed by atoms with van der Waals surface area (Å²) in [6.07, 6.45) is 6.00. The van der Waals surface area contributed by atoms with E-state index in [0.29, 0.717) is 17.8 Å². The van der Waals surface area contributed by atoms with Gasteiger partial charge in [-0.25, -0.2) is 4.98 Å². The maximum absolute atomic E-state index is 6.24. The van der Waals surface area contributed by atoms with Crippen molar-refractivity contribution in [2.24, 2.45) is 5.73 Å². The number of aromatic nitrogens is 4. The summed E-state index contributed by atoms with van der Waals surface area (Å²) in [4.78, 5) is 8.60. The summed E-state index contributed by atoms with van der Waals surface area (Å²) < 4.78 is 7.42. The topological polar surface area (TPSA) is 82.8 Å². The highest BCUT2D eigenvalue weighted by Crippen LogP contribution is 2.37. The highest BCUT2D eigenvalue weighted by Gasteiger charge is 2.30. The van der Waals surface area contributed by atoms with Crippen LogP contribution in [-0.2, 0) is 5.41 Å². The van der Waals surface area contributed by atoms with Gasteiger partial charge in [0.15, 0.2) is 5.82 Å². The largest absolute Gasteiger partial charge is 0.339 e. The summed E-state index contributed by atoms with van der Waals surface area (Å²) in [5, 5.41) is 4.01. The van der Waals surface area contributed by atoms with E-state index >= 15 is 0 Å². The highest BCUT2D eigenvalue weighted by molar-refractivity contribution is 5.17. The summed E-state index contributed by atoms with van der Waals surface area (Å²) >= 11 is 0. The lowest BCUT2D eigenvalue weighted by Gasteiger charge is -2.12. The fourth-order valence-corrected chi connectivity index (χ4v) is 2.01. The maximum atomic E-state index is 6.24. The molecule has 102 valence electrons. The average molecular weight is 261 g/mol. The van der Waals surface area contributed by atoms with Crippen molar-refractivity contribution in [1.29, 1.82) is 0 Å². The number of hydrogen-bond acceptors (Lipinski definition) is 5. The molecule has 2 heterocycles. The lowest BCUT2D eigenvalue weighted by molar-refractivity contribution is 0.317. The Bertz CT molecular complexity index is 576. The van der Waals surface area contributed by atoms with Gasteiger partial charge in [-0.2, -0.15) is 4.98 Å². The molecule has 0 aromatic carbocycles. The van der Waals surface area contributed by atoms with Gasteiger partial charge in [0, 0.05) is 11.5 Å². The van der Waals surface area contributed by atoms with E-state index in [1.165, 1.54) is 12.8 Å². The van der Waals surface area contributed by atoms with Gasteiger partial charge in [0.25, 0.3) is 0 Å². The summed E-state index contributed by atoms with van der Waals surface area (Å²) in [6.45, 7) is 6.10. The van der Waals surface area contributed by atoms with Crippen LogP contribution < -0.4 is 5.73 Å². The molecule has 1 saturated carbocycles. The molecule has 6 heteroatoms. The number of hydrogen-bond donors (Lipinski definition) is 1. The van der Waals surface area contributed by atoms with Gasteiger partial charge in [-0.1, -0.05) is 25.9 Å². The quantitative estimate of drug-likeness (QED) is 0.913. The van der Waals surface area contributed by atoms with Gasteiger partial charge in [-0.05, 0) is 12.8 Å². The molecule has 0 aliphatic heterocycles. The van der Waals surface area contributed by atoms with E-state index in [1.54, 1.807) is 6.20 Å². The van der Waals surface area contributed by atoms with Gasteiger partial charge in [-0.15, -0.1) is 0 Å². The van der Waals surface area contributed by atoms with Crippen LogP contribution in [0.2, 0.25) is 0 Å². The molecule has 0 radical (unpaired) electrons. The predicted octanol–water partition coefficient (Wildman–Crippen LogP) is 1.95. The van der Waals surface area contributed by atoms with Crippen molar-refractivity contribution in [3.05, 3.63) is 29.9 Å². The molecule has 6 nitrogen and oxygen atoms in total. The van der Waals surface area contributed by atoms with E-state index in [9.17, 15) is 0 Å². The van der Waals surface area contributed by atoms with E-state index in [2.05, 4.69) is 19.7 Å². The summed E-state index contributed by atoms with van der Waals surface area (Å²) in [5.41, 5.74) is 7.02. The third kappa shape index (κ3) is 2.28. The number of imidazole rings is 1. The molecule has 0 spiro atoms. The average Bonchev–Trinajstić information content (AvgIpc) is 2.91. The van der Waals surface area contributed by atoms with Crippen LogP contribution in [0, 0.1) is 0 Å². The van der Waals surface area contributed by atoms with Crippen molar-refractivity contribution >= 4 is 0 Å². The molecular weight excluding hydrogens is 242 g/mol. The van der Waals surface area contributed by atoms with Crippen LogP contribution in [-0.4, -0.2) is 19.7 Å². The zero-order valence-electron chi connectivity index (χ0n) is 11.5. The van der Waals surface area contributed by atoms with E-state index in [0.717, 1.165) is 5.69 Å². The van der Waals surface area contributed by atoms with E-state index in [-0.39, 0.29) is 11.5 Å². The fourth-order valence-electron chi connectivity index (χ4n) is 2.01. The Balaban J connectivity index is 1.89. The van der Waals surface area contributed by atoms with Crippen LogP contribution in [0.1, 0.15) is 63.1 Å². The Morgan fingerprint density at radius 1 is 1.42 bits per heavy atom. The number of nitrogens with zero attached hydrogens (tertiary/aromatic N) is 4. The summed E-state index contributed by atoms with van der Waals surface area (Å²) in [5.74, 6) is 1.13. The van der Waals surface area contributed by atoms with E-state index in [1.807, 2.05) is 27.1 Å². The van der Waals surface area contributed by atoms with Gasteiger partial charge in [0.1, 0.15) is 6.04 Å². The molecule has 19 heavy (non-hydrogen) atoms. The second-order valence-electron chi connectivity index (χ2n) is 6.14. The predicted molar refractivity (Wildman–Crippen MR) is 69.5 cm³/mol. The molecule has 2 aromatic rings. The second-order valence-corrected chi connectivity index (χ2v) is 6.14.